The molecule has 0 unspecified atom stereocenters. The number of carbonyl (C=O) groups is 1. The summed E-state index contributed by atoms with van der Waals surface area (Å²) in [5.41, 5.74) is 3.06. The molecular formula is C17H20N6O. The lowest BCUT2D eigenvalue weighted by Crippen LogP contribution is -2.49. The average Bonchev–Trinajstić information content (AvgIpc) is 3.00. The highest BCUT2D eigenvalue weighted by Gasteiger charge is 2.25. The number of nitriles is 1. The number of rotatable bonds is 2. The Morgan fingerprint density at radius 3 is 2.54 bits per heavy atom. The molecule has 0 radical (unpaired) electrons. The standard InChI is InChI=1S/C17H20N6O/c1-12-8-13(2)20-16(15(12)9-18)22-4-6-23(7-5-22)17(24)14-10-19-21(3)11-14/h8,10-11H,4-7H2,1-3H3. The zero-order chi connectivity index (χ0) is 17.3. The van der Waals surface area contributed by atoms with E-state index in [1.54, 1.807) is 24.1 Å². The van der Waals surface area contributed by atoms with E-state index in [9.17, 15) is 10.1 Å². The van der Waals surface area contributed by atoms with Gasteiger partial charge in [-0.3, -0.25) is 9.48 Å². The second-order valence-corrected chi connectivity index (χ2v) is 6.07. The third-order valence-electron chi connectivity index (χ3n) is 4.26. The van der Waals surface area contributed by atoms with Gasteiger partial charge in [0.2, 0.25) is 0 Å². The number of anilines is 1. The Balaban J connectivity index is 1.74. The van der Waals surface area contributed by atoms with Crippen molar-refractivity contribution in [3.05, 3.63) is 40.8 Å². The van der Waals surface area contributed by atoms with Crippen molar-refractivity contribution in [1.82, 2.24) is 19.7 Å². The number of piperazine rings is 1. The van der Waals surface area contributed by atoms with E-state index in [2.05, 4.69) is 21.1 Å². The lowest BCUT2D eigenvalue weighted by molar-refractivity contribution is 0.0746. The predicted molar refractivity (Wildman–Crippen MR) is 89.8 cm³/mol. The summed E-state index contributed by atoms with van der Waals surface area (Å²) in [6.07, 6.45) is 3.32. The minimum absolute atomic E-state index is 0.00311. The third-order valence-corrected chi connectivity index (χ3v) is 4.26. The van der Waals surface area contributed by atoms with Crippen LogP contribution in [0.1, 0.15) is 27.2 Å². The zero-order valence-electron chi connectivity index (χ0n) is 14.2. The van der Waals surface area contributed by atoms with E-state index in [0.717, 1.165) is 17.1 Å². The SMILES string of the molecule is Cc1cc(C)c(C#N)c(N2CCN(C(=O)c3cnn(C)c3)CC2)n1. The Morgan fingerprint density at radius 1 is 1.25 bits per heavy atom. The van der Waals surface area contributed by atoms with Crippen molar-refractivity contribution in [2.75, 3.05) is 31.1 Å². The molecule has 1 fully saturated rings. The summed E-state index contributed by atoms with van der Waals surface area (Å²) < 4.78 is 1.63. The third kappa shape index (κ3) is 2.95. The van der Waals surface area contributed by atoms with Crippen LogP contribution in [0.15, 0.2) is 18.5 Å². The van der Waals surface area contributed by atoms with E-state index in [0.29, 0.717) is 37.3 Å². The summed E-state index contributed by atoms with van der Waals surface area (Å²) >= 11 is 0. The van der Waals surface area contributed by atoms with Gasteiger partial charge in [-0.25, -0.2) is 4.98 Å². The van der Waals surface area contributed by atoms with Crippen molar-refractivity contribution < 1.29 is 4.79 Å². The highest BCUT2D eigenvalue weighted by Crippen LogP contribution is 2.23. The van der Waals surface area contributed by atoms with E-state index < -0.39 is 0 Å². The molecule has 1 aliphatic rings. The van der Waals surface area contributed by atoms with Crippen molar-refractivity contribution >= 4 is 11.7 Å². The Kier molecular flexibility index (Phi) is 4.21. The van der Waals surface area contributed by atoms with Crippen LogP contribution in [0.5, 0.6) is 0 Å². The molecule has 0 N–H and O–H groups in total. The average molecular weight is 324 g/mol. The van der Waals surface area contributed by atoms with Crippen LogP contribution in [0.2, 0.25) is 0 Å². The first-order chi connectivity index (χ1) is 11.5. The topological polar surface area (TPSA) is 78.0 Å². The number of carbonyl (C=O) groups excluding carboxylic acids is 1. The quantitative estimate of drug-likeness (QED) is 0.831. The van der Waals surface area contributed by atoms with Gasteiger partial charge in [0.15, 0.2) is 0 Å². The maximum Gasteiger partial charge on any atom is 0.257 e. The summed E-state index contributed by atoms with van der Waals surface area (Å²) in [4.78, 5) is 20.9. The van der Waals surface area contributed by atoms with Gasteiger partial charge in [0.25, 0.3) is 5.91 Å². The molecule has 3 rings (SSSR count). The van der Waals surface area contributed by atoms with Gasteiger partial charge in [0.1, 0.15) is 11.9 Å². The number of nitrogens with zero attached hydrogens (tertiary/aromatic N) is 6. The molecule has 1 saturated heterocycles. The molecular weight excluding hydrogens is 304 g/mol. The monoisotopic (exact) mass is 324 g/mol. The number of hydrogen-bond acceptors (Lipinski definition) is 5. The van der Waals surface area contributed by atoms with Gasteiger partial charge in [0.05, 0.1) is 17.3 Å². The lowest BCUT2D eigenvalue weighted by Gasteiger charge is -2.35. The van der Waals surface area contributed by atoms with Crippen molar-refractivity contribution in [3.63, 3.8) is 0 Å². The maximum atomic E-state index is 12.5. The predicted octanol–water partition coefficient (Wildman–Crippen LogP) is 1.27. The van der Waals surface area contributed by atoms with Gasteiger partial charge in [-0.05, 0) is 25.5 Å². The van der Waals surface area contributed by atoms with Crippen LogP contribution < -0.4 is 4.90 Å². The second-order valence-electron chi connectivity index (χ2n) is 6.07. The fourth-order valence-corrected chi connectivity index (χ4v) is 3.02. The fraction of sp³-hybridized carbons (Fsp3) is 0.412. The van der Waals surface area contributed by atoms with Crippen LogP contribution in [0.25, 0.3) is 0 Å². The molecule has 0 saturated carbocycles. The molecule has 3 heterocycles. The first kappa shape index (κ1) is 16.0. The molecule has 2 aromatic rings. The highest BCUT2D eigenvalue weighted by atomic mass is 16.2. The number of aryl methyl sites for hydroxylation is 3. The summed E-state index contributed by atoms with van der Waals surface area (Å²) in [5.74, 6) is 0.722. The molecule has 0 spiro atoms. The molecule has 7 nitrogen and oxygen atoms in total. The van der Waals surface area contributed by atoms with Gasteiger partial charge in [-0.15, -0.1) is 0 Å². The number of hydrogen-bond donors (Lipinski definition) is 0. The van der Waals surface area contributed by atoms with E-state index in [4.69, 9.17) is 0 Å². The van der Waals surface area contributed by atoms with E-state index >= 15 is 0 Å². The molecule has 7 heteroatoms. The van der Waals surface area contributed by atoms with E-state index in [1.165, 1.54) is 0 Å². The number of aromatic nitrogens is 3. The van der Waals surface area contributed by atoms with Gasteiger partial charge < -0.3 is 9.80 Å². The molecule has 2 aromatic heterocycles. The Bertz CT molecular complexity index is 811. The van der Waals surface area contributed by atoms with Crippen LogP contribution in [-0.4, -0.2) is 51.8 Å². The second kappa shape index (κ2) is 6.32. The fourth-order valence-electron chi connectivity index (χ4n) is 3.02. The van der Waals surface area contributed by atoms with Crippen LogP contribution >= 0.6 is 0 Å². The van der Waals surface area contributed by atoms with Crippen molar-refractivity contribution in [1.29, 1.82) is 5.26 Å². The molecule has 124 valence electrons. The first-order valence-corrected chi connectivity index (χ1v) is 7.91. The zero-order valence-corrected chi connectivity index (χ0v) is 14.2. The first-order valence-electron chi connectivity index (χ1n) is 7.91. The maximum absolute atomic E-state index is 12.5. The lowest BCUT2D eigenvalue weighted by atomic mass is 10.1. The largest absolute Gasteiger partial charge is 0.352 e. The minimum Gasteiger partial charge on any atom is -0.352 e. The van der Waals surface area contributed by atoms with Crippen molar-refractivity contribution in [2.45, 2.75) is 13.8 Å². The summed E-state index contributed by atoms with van der Waals surface area (Å²) in [5, 5.41) is 13.5. The van der Waals surface area contributed by atoms with Gasteiger partial charge in [0, 0.05) is 45.1 Å². The summed E-state index contributed by atoms with van der Waals surface area (Å²) in [7, 11) is 1.80. The van der Waals surface area contributed by atoms with Gasteiger partial charge in [-0.1, -0.05) is 0 Å². The van der Waals surface area contributed by atoms with Gasteiger partial charge >= 0.3 is 0 Å². The van der Waals surface area contributed by atoms with Crippen LogP contribution in [0.4, 0.5) is 5.82 Å². The van der Waals surface area contributed by atoms with E-state index in [1.807, 2.05) is 24.8 Å². The van der Waals surface area contributed by atoms with Gasteiger partial charge in [-0.2, -0.15) is 10.4 Å². The number of pyridine rings is 1. The summed E-state index contributed by atoms with van der Waals surface area (Å²) in [6, 6.07) is 4.18. The van der Waals surface area contributed by atoms with Crippen LogP contribution in [-0.2, 0) is 7.05 Å². The Labute approximate surface area is 141 Å². The normalized spacial score (nSPS) is 14.6. The highest BCUT2D eigenvalue weighted by molar-refractivity contribution is 5.93. The molecule has 1 amide bonds. The minimum atomic E-state index is -0.00311. The van der Waals surface area contributed by atoms with Crippen molar-refractivity contribution in [3.8, 4) is 6.07 Å². The molecule has 0 atom stereocenters. The molecule has 0 bridgehead atoms. The molecule has 0 aromatic carbocycles. The van der Waals surface area contributed by atoms with Crippen LogP contribution in [0, 0.1) is 25.2 Å². The Hall–Kier alpha value is -2.88. The smallest absolute Gasteiger partial charge is 0.257 e. The number of amides is 1. The summed E-state index contributed by atoms with van der Waals surface area (Å²) in [6.45, 7) is 6.40. The van der Waals surface area contributed by atoms with E-state index in [-0.39, 0.29) is 5.91 Å². The Morgan fingerprint density at radius 2 is 1.96 bits per heavy atom. The van der Waals surface area contributed by atoms with Crippen molar-refractivity contribution in [2.24, 2.45) is 7.05 Å². The van der Waals surface area contributed by atoms with Crippen LogP contribution in [0.3, 0.4) is 0 Å². The molecule has 0 aliphatic carbocycles. The molecule has 1 aliphatic heterocycles. The molecule has 24 heavy (non-hydrogen) atoms.